The molecule has 3 heteroatoms. The number of Topliss-reactive ketones (excluding diaryl/α,β-unsaturated/α-hetero) is 1. The molecule has 0 bridgehead atoms. The van der Waals surface area contributed by atoms with Gasteiger partial charge in [-0.3, -0.25) is 9.59 Å². The van der Waals surface area contributed by atoms with Crippen LogP contribution in [0.3, 0.4) is 0 Å². The Balaban J connectivity index is 3.67. The maximum Gasteiger partial charge on any atom is 0.313 e. The molecule has 0 aliphatic carbocycles. The lowest BCUT2D eigenvalue weighted by atomic mass is 9.96. The lowest BCUT2D eigenvalue weighted by molar-refractivity contribution is -0.143. The summed E-state index contributed by atoms with van der Waals surface area (Å²) in [5, 5.41) is 0. The summed E-state index contributed by atoms with van der Waals surface area (Å²) in [5.74, 6) is 0.167. The number of hydrogen-bond donors (Lipinski definition) is 0. The van der Waals surface area contributed by atoms with Gasteiger partial charge in [-0.15, -0.1) is 0 Å². The van der Waals surface area contributed by atoms with Gasteiger partial charge in [0.1, 0.15) is 12.2 Å². The van der Waals surface area contributed by atoms with Crippen LogP contribution in [0.1, 0.15) is 46.0 Å². The SMILES string of the molecule is CCC(CC)CCC(=O)CC(=O)OC. The summed E-state index contributed by atoms with van der Waals surface area (Å²) < 4.78 is 4.42. The van der Waals surface area contributed by atoms with Gasteiger partial charge < -0.3 is 4.74 Å². The predicted octanol–water partition coefficient (Wildman–Crippen LogP) is 2.33. The number of ether oxygens (including phenoxy) is 1. The average Bonchev–Trinajstić information content (AvgIpc) is 2.19. The number of hydrogen-bond acceptors (Lipinski definition) is 3. The van der Waals surface area contributed by atoms with Gasteiger partial charge in [0.25, 0.3) is 0 Å². The molecule has 0 unspecified atom stereocenters. The van der Waals surface area contributed by atoms with E-state index < -0.39 is 5.97 Å². The first kappa shape index (κ1) is 13.1. The normalized spacial score (nSPS) is 10.3. The molecule has 0 amide bonds. The largest absolute Gasteiger partial charge is 0.469 e. The minimum atomic E-state index is -0.431. The fourth-order valence-electron chi connectivity index (χ4n) is 1.38. The maximum absolute atomic E-state index is 11.2. The van der Waals surface area contributed by atoms with Crippen molar-refractivity contribution in [2.75, 3.05) is 7.11 Å². The lowest BCUT2D eigenvalue weighted by Crippen LogP contribution is -2.10. The van der Waals surface area contributed by atoms with E-state index in [-0.39, 0.29) is 12.2 Å². The third-order valence-corrected chi connectivity index (χ3v) is 2.56. The first-order chi connectivity index (χ1) is 6.63. The van der Waals surface area contributed by atoms with E-state index in [0.717, 1.165) is 19.3 Å². The molecule has 14 heavy (non-hydrogen) atoms. The van der Waals surface area contributed by atoms with Crippen molar-refractivity contribution in [2.24, 2.45) is 5.92 Å². The van der Waals surface area contributed by atoms with Crippen LogP contribution in [0.2, 0.25) is 0 Å². The molecule has 0 aliphatic heterocycles. The van der Waals surface area contributed by atoms with Gasteiger partial charge in [0.2, 0.25) is 0 Å². The van der Waals surface area contributed by atoms with Crippen LogP contribution in [0.15, 0.2) is 0 Å². The Kier molecular flexibility index (Phi) is 7.07. The Morgan fingerprint density at radius 2 is 1.79 bits per heavy atom. The van der Waals surface area contributed by atoms with Crippen LogP contribution in [0.5, 0.6) is 0 Å². The summed E-state index contributed by atoms with van der Waals surface area (Å²) in [4.78, 5) is 22.0. The molecule has 0 aromatic rings. The predicted molar refractivity (Wildman–Crippen MR) is 54.9 cm³/mol. The molecule has 0 N–H and O–H groups in total. The van der Waals surface area contributed by atoms with Crippen molar-refractivity contribution >= 4 is 11.8 Å². The van der Waals surface area contributed by atoms with Gasteiger partial charge in [-0.1, -0.05) is 26.7 Å². The summed E-state index contributed by atoms with van der Waals surface area (Å²) in [6.45, 7) is 4.25. The van der Waals surface area contributed by atoms with Gasteiger partial charge in [-0.05, 0) is 12.3 Å². The van der Waals surface area contributed by atoms with Crippen molar-refractivity contribution < 1.29 is 14.3 Å². The monoisotopic (exact) mass is 200 g/mol. The molecule has 0 fully saturated rings. The summed E-state index contributed by atoms with van der Waals surface area (Å²) in [7, 11) is 1.30. The van der Waals surface area contributed by atoms with Crippen LogP contribution in [0.4, 0.5) is 0 Å². The highest BCUT2D eigenvalue weighted by atomic mass is 16.5. The van der Waals surface area contributed by atoms with E-state index in [0.29, 0.717) is 12.3 Å². The minimum Gasteiger partial charge on any atom is -0.469 e. The molecule has 0 saturated heterocycles. The molecule has 82 valence electrons. The van der Waals surface area contributed by atoms with Crippen molar-refractivity contribution in [2.45, 2.75) is 46.0 Å². The van der Waals surface area contributed by atoms with E-state index >= 15 is 0 Å². The third kappa shape index (κ3) is 5.73. The highest BCUT2D eigenvalue weighted by molar-refractivity contribution is 5.95. The van der Waals surface area contributed by atoms with Crippen LogP contribution in [0, 0.1) is 5.92 Å². The molecule has 0 radical (unpaired) electrons. The molecule has 0 saturated carbocycles. The maximum atomic E-state index is 11.2. The molecule has 0 aliphatic rings. The van der Waals surface area contributed by atoms with Crippen molar-refractivity contribution in [3.8, 4) is 0 Å². The molecular formula is C11H20O3. The lowest BCUT2D eigenvalue weighted by Gasteiger charge is -2.10. The van der Waals surface area contributed by atoms with Gasteiger partial charge in [-0.2, -0.15) is 0 Å². The van der Waals surface area contributed by atoms with Crippen molar-refractivity contribution in [3.05, 3.63) is 0 Å². The van der Waals surface area contributed by atoms with Crippen LogP contribution < -0.4 is 0 Å². The fraction of sp³-hybridized carbons (Fsp3) is 0.818. The van der Waals surface area contributed by atoms with Gasteiger partial charge >= 0.3 is 5.97 Å². The number of carbonyl (C=O) groups excluding carboxylic acids is 2. The van der Waals surface area contributed by atoms with E-state index in [9.17, 15) is 9.59 Å². The standard InChI is InChI=1S/C11H20O3/c1-4-9(5-2)6-7-10(12)8-11(13)14-3/h9H,4-8H2,1-3H3. The highest BCUT2D eigenvalue weighted by Crippen LogP contribution is 2.15. The number of rotatable bonds is 7. The topological polar surface area (TPSA) is 43.4 Å². The van der Waals surface area contributed by atoms with Crippen molar-refractivity contribution in [1.82, 2.24) is 0 Å². The molecule has 0 heterocycles. The Morgan fingerprint density at radius 1 is 1.21 bits per heavy atom. The number of esters is 1. The first-order valence-electron chi connectivity index (χ1n) is 5.22. The van der Waals surface area contributed by atoms with Crippen LogP contribution in [0.25, 0.3) is 0 Å². The average molecular weight is 200 g/mol. The Hall–Kier alpha value is -0.860. The second kappa shape index (κ2) is 7.54. The summed E-state index contributed by atoms with van der Waals surface area (Å²) in [5.41, 5.74) is 0. The number of carbonyl (C=O) groups is 2. The Bertz CT molecular complexity index is 183. The molecule has 0 spiro atoms. The smallest absolute Gasteiger partial charge is 0.313 e. The molecule has 0 atom stereocenters. The fourth-order valence-corrected chi connectivity index (χ4v) is 1.38. The van der Waals surface area contributed by atoms with Crippen molar-refractivity contribution in [3.63, 3.8) is 0 Å². The van der Waals surface area contributed by atoms with Crippen molar-refractivity contribution in [1.29, 1.82) is 0 Å². The highest BCUT2D eigenvalue weighted by Gasteiger charge is 2.11. The van der Waals surface area contributed by atoms with Crippen LogP contribution in [-0.2, 0) is 14.3 Å². The van der Waals surface area contributed by atoms with E-state index in [2.05, 4.69) is 18.6 Å². The van der Waals surface area contributed by atoms with Gasteiger partial charge in [0.05, 0.1) is 7.11 Å². The second-order valence-corrected chi connectivity index (χ2v) is 3.51. The summed E-state index contributed by atoms with van der Waals surface area (Å²) in [6.07, 6.45) is 3.52. The Labute approximate surface area is 85.8 Å². The van der Waals surface area contributed by atoms with E-state index in [4.69, 9.17) is 0 Å². The Morgan fingerprint density at radius 3 is 2.21 bits per heavy atom. The molecular weight excluding hydrogens is 180 g/mol. The van der Waals surface area contributed by atoms with E-state index in [1.54, 1.807) is 0 Å². The van der Waals surface area contributed by atoms with Gasteiger partial charge in [-0.25, -0.2) is 0 Å². The zero-order valence-corrected chi connectivity index (χ0v) is 9.34. The molecule has 0 aromatic heterocycles. The summed E-state index contributed by atoms with van der Waals surface area (Å²) >= 11 is 0. The summed E-state index contributed by atoms with van der Waals surface area (Å²) in [6, 6.07) is 0. The zero-order valence-electron chi connectivity index (χ0n) is 9.34. The zero-order chi connectivity index (χ0) is 11.0. The molecule has 3 nitrogen and oxygen atoms in total. The van der Waals surface area contributed by atoms with E-state index in [1.807, 2.05) is 0 Å². The second-order valence-electron chi connectivity index (χ2n) is 3.51. The van der Waals surface area contributed by atoms with Gasteiger partial charge in [0, 0.05) is 6.42 Å². The van der Waals surface area contributed by atoms with E-state index in [1.165, 1.54) is 7.11 Å². The number of methoxy groups -OCH3 is 1. The first-order valence-corrected chi connectivity index (χ1v) is 5.22. The van der Waals surface area contributed by atoms with Crippen LogP contribution >= 0.6 is 0 Å². The molecule has 0 aromatic carbocycles. The van der Waals surface area contributed by atoms with Crippen LogP contribution in [-0.4, -0.2) is 18.9 Å². The quantitative estimate of drug-likeness (QED) is 0.468. The van der Waals surface area contributed by atoms with Gasteiger partial charge in [0.15, 0.2) is 0 Å². The number of ketones is 1. The third-order valence-electron chi connectivity index (χ3n) is 2.56. The molecule has 0 rings (SSSR count). The minimum absolute atomic E-state index is 0.0104.